The van der Waals surface area contributed by atoms with Crippen molar-refractivity contribution in [3.8, 4) is 17.0 Å². The van der Waals surface area contributed by atoms with Crippen LogP contribution < -0.4 is 38.6 Å². The van der Waals surface area contributed by atoms with Crippen LogP contribution in [0.3, 0.4) is 0 Å². The number of aromatic hydroxyl groups is 1. The molecule has 0 radical (unpaired) electrons. The van der Waals surface area contributed by atoms with Crippen LogP contribution in [0.5, 0.6) is 5.88 Å². The second-order valence-electron chi connectivity index (χ2n) is 15.3. The smallest absolute Gasteiger partial charge is 0.330 e. The van der Waals surface area contributed by atoms with Crippen LogP contribution >= 0.6 is 0 Å². The van der Waals surface area contributed by atoms with Crippen LogP contribution in [0.4, 0.5) is 0 Å². The fourth-order valence-electron chi connectivity index (χ4n) is 8.69. The highest BCUT2D eigenvalue weighted by Crippen LogP contribution is 2.37. The molecule has 1 aliphatic carbocycles. The molecule has 4 aliphatic heterocycles. The number of ether oxygens (including phenoxy) is 1. The van der Waals surface area contributed by atoms with Gasteiger partial charge >= 0.3 is 5.69 Å². The average Bonchev–Trinajstić information content (AvgIpc) is 3.96. The quantitative estimate of drug-likeness (QED) is 0.0714. The number of aliphatic hydroxyl groups is 2. The van der Waals surface area contributed by atoms with E-state index >= 15 is 0 Å². The van der Waals surface area contributed by atoms with Crippen LogP contribution in [-0.4, -0.2) is 121 Å². The Bertz CT molecular complexity index is 2570. The minimum Gasteiger partial charge on any atom is -0.494 e. The Balaban J connectivity index is 1.08. The van der Waals surface area contributed by atoms with E-state index in [0.29, 0.717) is 53.3 Å². The maximum atomic E-state index is 14.3. The number of aryl methyl sites for hydroxylation is 1. The van der Waals surface area contributed by atoms with Gasteiger partial charge in [0, 0.05) is 66.2 Å². The molecule has 3 saturated heterocycles. The molecule has 2 aromatic heterocycles. The maximum Gasteiger partial charge on any atom is 0.330 e. The van der Waals surface area contributed by atoms with Gasteiger partial charge in [0.2, 0.25) is 5.88 Å². The molecule has 4 atom stereocenters. The molecule has 3 fully saturated rings. The summed E-state index contributed by atoms with van der Waals surface area (Å²) in [6, 6.07) is 4.90. The molecule has 56 heavy (non-hydrogen) atoms. The molecule has 17 heteroatoms. The number of aromatic nitrogens is 4. The van der Waals surface area contributed by atoms with Gasteiger partial charge in [0.25, 0.3) is 22.2 Å². The molecule has 0 amide bonds. The lowest BCUT2D eigenvalue weighted by Crippen LogP contribution is -2.39. The molecule has 5 N–H and O–H groups in total. The minimum atomic E-state index is -1.40. The van der Waals surface area contributed by atoms with Crippen molar-refractivity contribution >= 4 is 21.5 Å². The molecule has 5 aliphatic rings. The lowest BCUT2D eigenvalue weighted by Gasteiger charge is -2.21. The number of hydrogen-bond donors (Lipinski definition) is 5. The summed E-state index contributed by atoms with van der Waals surface area (Å²) in [7, 11) is 0. The zero-order valence-electron chi connectivity index (χ0n) is 31.4. The molecular formula is C39H48N8O9. The van der Waals surface area contributed by atoms with Gasteiger partial charge in [-0.05, 0) is 90.0 Å². The van der Waals surface area contributed by atoms with E-state index in [-0.39, 0.29) is 48.4 Å². The van der Waals surface area contributed by atoms with E-state index in [2.05, 4.69) is 20.1 Å². The summed E-state index contributed by atoms with van der Waals surface area (Å²) in [5, 5.41) is 37.7. The van der Waals surface area contributed by atoms with Crippen molar-refractivity contribution in [2.45, 2.75) is 76.7 Å². The van der Waals surface area contributed by atoms with Crippen LogP contribution in [-0.2, 0) is 17.8 Å². The third kappa shape index (κ3) is 6.85. The second kappa shape index (κ2) is 15.6. The Morgan fingerprint density at radius 3 is 2.18 bits per heavy atom. The fraction of sp³-hybridized carbons (Fsp3) is 0.538. The molecular weight excluding hydrogens is 724 g/mol. The highest BCUT2D eigenvalue weighted by molar-refractivity contribution is 6.15. The van der Waals surface area contributed by atoms with Gasteiger partial charge in [-0.25, -0.2) is 4.79 Å². The van der Waals surface area contributed by atoms with Crippen LogP contribution in [0.15, 0.2) is 53.4 Å². The topological polar surface area (TPSA) is 217 Å². The molecule has 0 unspecified atom stereocenters. The SMILES string of the molecule is Cc1cn([C@@H]2O[C@H](CCNCCN=c3cc4c(=O)n(CCN5CCCC5)c(=O)c5ccc6c(O)n(CCN7CCCC7)c(=O)c3c6c5-4)[C@@H](O)[C@H]2O)c(=O)[nH]c1=O. The summed E-state index contributed by atoms with van der Waals surface area (Å²) < 4.78 is 9.55. The van der Waals surface area contributed by atoms with Gasteiger partial charge in [0.15, 0.2) is 6.23 Å². The highest BCUT2D eigenvalue weighted by Gasteiger charge is 2.43. The van der Waals surface area contributed by atoms with Crippen LogP contribution in [0.1, 0.15) is 43.9 Å². The highest BCUT2D eigenvalue weighted by atomic mass is 16.6. The Morgan fingerprint density at radius 2 is 1.48 bits per heavy atom. The lowest BCUT2D eigenvalue weighted by atomic mass is 9.90. The molecule has 1 aromatic carbocycles. The molecule has 6 heterocycles. The van der Waals surface area contributed by atoms with Gasteiger partial charge < -0.3 is 35.2 Å². The van der Waals surface area contributed by atoms with Gasteiger partial charge in [-0.2, -0.15) is 0 Å². The molecule has 3 aromatic rings. The zero-order chi connectivity index (χ0) is 39.2. The normalized spacial score (nSPS) is 22.6. The molecule has 0 saturated carbocycles. The Hall–Kier alpha value is -4.78. The van der Waals surface area contributed by atoms with Crippen molar-refractivity contribution in [3.05, 3.63) is 87.2 Å². The number of pyridine rings is 2. The van der Waals surface area contributed by atoms with E-state index in [1.165, 1.54) is 22.3 Å². The second-order valence-corrected chi connectivity index (χ2v) is 15.3. The van der Waals surface area contributed by atoms with Crippen molar-refractivity contribution in [1.29, 1.82) is 0 Å². The first-order valence-corrected chi connectivity index (χ1v) is 19.6. The van der Waals surface area contributed by atoms with Gasteiger partial charge in [-0.3, -0.25) is 42.9 Å². The third-order valence-corrected chi connectivity index (χ3v) is 11.8. The standard InChI is InChI=1S/C39H48N8O9/c1-22-21-47(39(55)42-33(22)50)38-32(49)31(48)27(56-38)8-9-40-10-11-41-26-20-25-28-23(34(51)45(36(25)53)18-16-43-12-2-3-13-43)6-7-24-29(28)30(26)37(54)46(35(24)52)19-17-44-14-4-5-15-44/h6-7,20-21,27,31-32,38,40,48-49,52H,2-5,8-19H2,1H3,(H,42,50,55)/t27-,31-,32-,38-/m1/s1. The Kier molecular flexibility index (Phi) is 10.6. The number of hydrogen-bond acceptors (Lipinski definition) is 13. The first-order chi connectivity index (χ1) is 27.0. The third-order valence-electron chi connectivity index (χ3n) is 11.8. The number of benzene rings is 2. The van der Waals surface area contributed by atoms with Crippen LogP contribution in [0.25, 0.3) is 32.7 Å². The number of nitrogens with one attached hydrogen (secondary N) is 2. The monoisotopic (exact) mass is 772 g/mol. The predicted octanol–water partition coefficient (Wildman–Crippen LogP) is -1.09. The van der Waals surface area contributed by atoms with E-state index in [0.717, 1.165) is 56.4 Å². The van der Waals surface area contributed by atoms with Crippen LogP contribution in [0, 0.1) is 6.92 Å². The molecule has 0 spiro atoms. The fourth-order valence-corrected chi connectivity index (χ4v) is 8.69. The lowest BCUT2D eigenvalue weighted by molar-refractivity contribution is -0.0416. The van der Waals surface area contributed by atoms with Crippen molar-refractivity contribution in [2.75, 3.05) is 58.9 Å². The van der Waals surface area contributed by atoms with Gasteiger partial charge in [-0.1, -0.05) is 0 Å². The van der Waals surface area contributed by atoms with E-state index in [9.17, 15) is 39.3 Å². The minimum absolute atomic E-state index is 0.195. The predicted molar refractivity (Wildman–Crippen MR) is 208 cm³/mol. The van der Waals surface area contributed by atoms with Gasteiger partial charge in [0.05, 0.1) is 29.0 Å². The number of aromatic amines is 1. The number of rotatable bonds is 13. The van der Waals surface area contributed by atoms with Crippen molar-refractivity contribution in [3.63, 3.8) is 0 Å². The van der Waals surface area contributed by atoms with E-state index in [1.54, 1.807) is 18.2 Å². The number of nitrogens with zero attached hydrogens (tertiary/aromatic N) is 6. The largest absolute Gasteiger partial charge is 0.494 e. The number of H-pyrrole nitrogens is 1. The molecule has 0 bridgehead atoms. The van der Waals surface area contributed by atoms with E-state index < -0.39 is 52.5 Å². The van der Waals surface area contributed by atoms with E-state index in [4.69, 9.17) is 9.73 Å². The summed E-state index contributed by atoms with van der Waals surface area (Å²) in [6.07, 6.45) is 1.24. The number of likely N-dealkylation sites (tertiary alicyclic amines) is 2. The van der Waals surface area contributed by atoms with Gasteiger partial charge in [0.1, 0.15) is 12.2 Å². The molecule has 17 nitrogen and oxygen atoms in total. The van der Waals surface area contributed by atoms with E-state index in [1.807, 2.05) is 0 Å². The summed E-state index contributed by atoms with van der Waals surface area (Å²) in [6.45, 7) is 7.75. The zero-order valence-corrected chi connectivity index (χ0v) is 31.4. The molecule has 8 rings (SSSR count). The van der Waals surface area contributed by atoms with Crippen LogP contribution in [0.2, 0.25) is 0 Å². The Labute approximate surface area is 319 Å². The summed E-state index contributed by atoms with van der Waals surface area (Å²) in [5.41, 5.74) is -1.76. The average molecular weight is 773 g/mol. The number of aliphatic hydroxyl groups excluding tert-OH is 2. The van der Waals surface area contributed by atoms with Crippen molar-refractivity contribution < 1.29 is 20.1 Å². The molecule has 298 valence electrons. The summed E-state index contributed by atoms with van der Waals surface area (Å²) in [5.74, 6) is -0.210. The Morgan fingerprint density at radius 1 is 0.821 bits per heavy atom. The first kappa shape index (κ1) is 38.1. The maximum absolute atomic E-state index is 14.3. The van der Waals surface area contributed by atoms with Gasteiger partial charge in [-0.15, -0.1) is 0 Å². The van der Waals surface area contributed by atoms with Crippen molar-refractivity contribution in [2.24, 2.45) is 4.99 Å². The summed E-state index contributed by atoms with van der Waals surface area (Å²) >= 11 is 0. The summed E-state index contributed by atoms with van der Waals surface area (Å²) in [4.78, 5) is 78.0. The first-order valence-electron chi connectivity index (χ1n) is 19.6. The van der Waals surface area contributed by atoms with Crippen molar-refractivity contribution in [1.82, 2.24) is 33.8 Å².